The van der Waals surface area contributed by atoms with Crippen LogP contribution in [0, 0.1) is 6.92 Å². The first-order valence-corrected chi connectivity index (χ1v) is 5.78. The van der Waals surface area contributed by atoms with Crippen LogP contribution in [-0.2, 0) is 0 Å². The van der Waals surface area contributed by atoms with Gasteiger partial charge in [-0.05, 0) is 25.1 Å². The third-order valence-electron chi connectivity index (χ3n) is 2.85. The minimum Gasteiger partial charge on any atom is -0.508 e. The zero-order valence-electron chi connectivity index (χ0n) is 10.6. The van der Waals surface area contributed by atoms with Gasteiger partial charge in [0.25, 0.3) is 5.91 Å². The van der Waals surface area contributed by atoms with Gasteiger partial charge in [-0.15, -0.1) is 0 Å². The van der Waals surface area contributed by atoms with E-state index in [4.69, 9.17) is 5.11 Å². The molecule has 6 heteroatoms. The molecule has 102 valence electrons. The van der Waals surface area contributed by atoms with Gasteiger partial charge in [0.2, 0.25) is 0 Å². The molecular formula is C14H12N2O4. The van der Waals surface area contributed by atoms with E-state index in [1.165, 1.54) is 24.5 Å². The highest BCUT2D eigenvalue weighted by atomic mass is 16.4. The van der Waals surface area contributed by atoms with Crippen molar-refractivity contribution in [1.82, 2.24) is 4.98 Å². The van der Waals surface area contributed by atoms with Crippen LogP contribution in [-0.4, -0.2) is 27.1 Å². The monoisotopic (exact) mass is 272 g/mol. The Balaban J connectivity index is 2.33. The lowest BCUT2D eigenvalue weighted by Gasteiger charge is -2.10. The lowest BCUT2D eigenvalue weighted by Crippen LogP contribution is -2.16. The summed E-state index contributed by atoms with van der Waals surface area (Å²) in [5.41, 5.74) is 0.745. The second-order valence-electron chi connectivity index (χ2n) is 4.13. The van der Waals surface area contributed by atoms with Crippen molar-refractivity contribution < 1.29 is 19.8 Å². The number of carboxylic acids is 1. The molecule has 0 atom stereocenters. The second kappa shape index (κ2) is 5.40. The van der Waals surface area contributed by atoms with Gasteiger partial charge >= 0.3 is 5.97 Å². The van der Waals surface area contributed by atoms with Crippen LogP contribution in [0.3, 0.4) is 0 Å². The molecule has 0 aliphatic heterocycles. The first kappa shape index (κ1) is 13.5. The Kier molecular flexibility index (Phi) is 3.65. The van der Waals surface area contributed by atoms with Crippen LogP contribution in [0.2, 0.25) is 0 Å². The number of pyridine rings is 1. The maximum absolute atomic E-state index is 12.1. The SMILES string of the molecule is Cc1c(O)cccc1C(=O)Nc1cnccc1C(=O)O. The van der Waals surface area contributed by atoms with Crippen molar-refractivity contribution in [3.63, 3.8) is 0 Å². The van der Waals surface area contributed by atoms with Crippen molar-refractivity contribution in [2.45, 2.75) is 6.92 Å². The van der Waals surface area contributed by atoms with Crippen LogP contribution >= 0.6 is 0 Å². The Morgan fingerprint density at radius 3 is 2.65 bits per heavy atom. The van der Waals surface area contributed by atoms with Gasteiger partial charge in [-0.25, -0.2) is 4.79 Å². The normalized spacial score (nSPS) is 10.1. The largest absolute Gasteiger partial charge is 0.508 e. The van der Waals surface area contributed by atoms with Gasteiger partial charge in [-0.3, -0.25) is 9.78 Å². The number of hydrogen-bond acceptors (Lipinski definition) is 4. The maximum Gasteiger partial charge on any atom is 0.337 e. The molecule has 2 aromatic rings. The average molecular weight is 272 g/mol. The van der Waals surface area contributed by atoms with Gasteiger partial charge in [0.15, 0.2) is 0 Å². The fourth-order valence-corrected chi connectivity index (χ4v) is 1.74. The number of aromatic hydroxyl groups is 1. The molecule has 0 saturated heterocycles. The highest BCUT2D eigenvalue weighted by molar-refractivity contribution is 6.08. The highest BCUT2D eigenvalue weighted by Crippen LogP contribution is 2.21. The Hall–Kier alpha value is -2.89. The molecule has 0 bridgehead atoms. The van der Waals surface area contributed by atoms with Crippen LogP contribution < -0.4 is 5.32 Å². The fourth-order valence-electron chi connectivity index (χ4n) is 1.74. The number of phenols is 1. The van der Waals surface area contributed by atoms with E-state index in [2.05, 4.69) is 10.3 Å². The quantitative estimate of drug-likeness (QED) is 0.794. The number of carbonyl (C=O) groups excluding carboxylic acids is 1. The number of carbonyl (C=O) groups is 2. The maximum atomic E-state index is 12.1. The van der Waals surface area contributed by atoms with E-state index in [1.807, 2.05) is 0 Å². The third kappa shape index (κ3) is 2.59. The van der Waals surface area contributed by atoms with E-state index in [-0.39, 0.29) is 22.6 Å². The number of aromatic carboxylic acids is 1. The van der Waals surface area contributed by atoms with Gasteiger partial charge in [-0.2, -0.15) is 0 Å². The summed E-state index contributed by atoms with van der Waals surface area (Å²) in [6, 6.07) is 5.85. The molecule has 0 aliphatic rings. The molecule has 0 aliphatic carbocycles. The molecule has 1 aromatic carbocycles. The number of rotatable bonds is 3. The lowest BCUT2D eigenvalue weighted by molar-refractivity contribution is 0.0698. The van der Waals surface area contributed by atoms with Gasteiger partial charge < -0.3 is 15.5 Å². The minimum atomic E-state index is -1.16. The molecule has 2 rings (SSSR count). The van der Waals surface area contributed by atoms with Crippen LogP contribution in [0.4, 0.5) is 5.69 Å². The zero-order valence-corrected chi connectivity index (χ0v) is 10.6. The Morgan fingerprint density at radius 1 is 1.20 bits per heavy atom. The first-order chi connectivity index (χ1) is 9.50. The summed E-state index contributed by atoms with van der Waals surface area (Å²) in [4.78, 5) is 26.9. The van der Waals surface area contributed by atoms with E-state index in [9.17, 15) is 14.7 Å². The molecule has 3 N–H and O–H groups in total. The number of carboxylic acid groups (broad SMARTS) is 1. The average Bonchev–Trinajstić information content (AvgIpc) is 2.42. The van der Waals surface area contributed by atoms with E-state index in [0.29, 0.717) is 5.56 Å². The number of nitrogens with zero attached hydrogens (tertiary/aromatic N) is 1. The van der Waals surface area contributed by atoms with Crippen LogP contribution in [0.1, 0.15) is 26.3 Å². The summed E-state index contributed by atoms with van der Waals surface area (Å²) < 4.78 is 0. The van der Waals surface area contributed by atoms with Crippen LogP contribution in [0.15, 0.2) is 36.7 Å². The van der Waals surface area contributed by atoms with Crippen LogP contribution in [0.25, 0.3) is 0 Å². The van der Waals surface area contributed by atoms with Crippen molar-refractivity contribution >= 4 is 17.6 Å². The number of nitrogens with one attached hydrogen (secondary N) is 1. The summed E-state index contributed by atoms with van der Waals surface area (Å²) in [5, 5.41) is 21.1. The van der Waals surface area contributed by atoms with Gasteiger partial charge in [-0.1, -0.05) is 6.07 Å². The molecule has 0 radical (unpaired) electrons. The molecule has 0 saturated carbocycles. The van der Waals surface area contributed by atoms with E-state index in [1.54, 1.807) is 19.1 Å². The topological polar surface area (TPSA) is 99.5 Å². The smallest absolute Gasteiger partial charge is 0.337 e. The van der Waals surface area contributed by atoms with E-state index >= 15 is 0 Å². The molecular weight excluding hydrogens is 260 g/mol. The fraction of sp³-hybridized carbons (Fsp3) is 0.0714. The van der Waals surface area contributed by atoms with E-state index in [0.717, 1.165) is 0 Å². The number of aromatic nitrogens is 1. The lowest BCUT2D eigenvalue weighted by atomic mass is 10.1. The van der Waals surface area contributed by atoms with Gasteiger partial charge in [0, 0.05) is 17.3 Å². The van der Waals surface area contributed by atoms with Crippen LogP contribution in [0.5, 0.6) is 5.75 Å². The summed E-state index contributed by atoms with van der Waals surface area (Å²) >= 11 is 0. The van der Waals surface area contributed by atoms with Gasteiger partial charge in [0.1, 0.15) is 5.75 Å². The molecule has 1 heterocycles. The second-order valence-corrected chi connectivity index (χ2v) is 4.13. The standard InChI is InChI=1S/C14H12N2O4/c1-8-9(3-2-4-12(8)17)13(18)16-11-7-15-6-5-10(11)14(19)20/h2-7,17H,1H3,(H,16,18)(H,19,20). The molecule has 20 heavy (non-hydrogen) atoms. The molecule has 1 aromatic heterocycles. The Bertz CT molecular complexity index is 683. The Labute approximate surface area is 114 Å². The summed E-state index contributed by atoms with van der Waals surface area (Å²) in [5.74, 6) is -1.66. The van der Waals surface area contributed by atoms with E-state index < -0.39 is 11.9 Å². The number of benzene rings is 1. The molecule has 6 nitrogen and oxygen atoms in total. The number of amides is 1. The minimum absolute atomic E-state index is 0.00212. The highest BCUT2D eigenvalue weighted by Gasteiger charge is 2.15. The van der Waals surface area contributed by atoms with Gasteiger partial charge in [0.05, 0.1) is 17.4 Å². The van der Waals surface area contributed by atoms with Crippen molar-refractivity contribution in [3.05, 3.63) is 53.3 Å². The predicted octanol–water partition coefficient (Wildman–Crippen LogP) is 2.05. The van der Waals surface area contributed by atoms with Crippen molar-refractivity contribution in [2.24, 2.45) is 0 Å². The number of hydrogen-bond donors (Lipinski definition) is 3. The summed E-state index contributed by atoms with van der Waals surface area (Å²) in [6.07, 6.45) is 2.60. The first-order valence-electron chi connectivity index (χ1n) is 5.78. The number of anilines is 1. The molecule has 0 fully saturated rings. The third-order valence-corrected chi connectivity index (χ3v) is 2.85. The Morgan fingerprint density at radius 2 is 1.95 bits per heavy atom. The molecule has 1 amide bonds. The number of phenolic OH excluding ortho intramolecular Hbond substituents is 1. The summed E-state index contributed by atoms with van der Waals surface area (Å²) in [6.45, 7) is 1.60. The van der Waals surface area contributed by atoms with Crippen molar-refractivity contribution in [1.29, 1.82) is 0 Å². The molecule has 0 unspecified atom stereocenters. The van der Waals surface area contributed by atoms with Crippen molar-refractivity contribution in [3.8, 4) is 5.75 Å². The van der Waals surface area contributed by atoms with Crippen molar-refractivity contribution in [2.75, 3.05) is 5.32 Å². The predicted molar refractivity (Wildman–Crippen MR) is 72.0 cm³/mol. The zero-order chi connectivity index (χ0) is 14.7. The summed E-state index contributed by atoms with van der Waals surface area (Å²) in [7, 11) is 0. The molecule has 0 spiro atoms.